The molecule has 0 bridgehead atoms. The second-order valence-electron chi connectivity index (χ2n) is 4.87. The van der Waals surface area contributed by atoms with Crippen molar-refractivity contribution in [3.05, 3.63) is 37.8 Å². The van der Waals surface area contributed by atoms with E-state index in [1.54, 1.807) is 18.3 Å². The van der Waals surface area contributed by atoms with Crippen LogP contribution < -0.4 is 20.1 Å². The first kappa shape index (κ1) is 19.2. The van der Waals surface area contributed by atoms with Crippen LogP contribution in [0.15, 0.2) is 17.3 Å². The molecule has 0 spiro atoms. The second-order valence-corrected chi connectivity index (χ2v) is 5.87. The smallest absolute Gasteiger partial charge is 0.345 e. The fraction of sp³-hybridized carbons (Fsp3) is 0.267. The Balaban J connectivity index is 2.60. The number of alkyl halides is 3. The van der Waals surface area contributed by atoms with Crippen LogP contribution in [0.25, 0.3) is 17.4 Å². The largest absolute Gasteiger partial charge is 0.405 e. The van der Waals surface area contributed by atoms with Gasteiger partial charge in [-0.25, -0.2) is 4.98 Å². The number of rotatable bonds is 4. The first-order chi connectivity index (χ1) is 12.3. The lowest BCUT2D eigenvalue weighted by molar-refractivity contribution is -0.135. The molecule has 0 fully saturated rings. The lowest BCUT2D eigenvalue weighted by atomic mass is 10.3. The molecule has 2 aromatic rings. The van der Waals surface area contributed by atoms with E-state index in [1.165, 1.54) is 18.6 Å². The summed E-state index contributed by atoms with van der Waals surface area (Å²) in [6.07, 6.45) is -0.219. The number of hydrogen-bond acceptors (Lipinski definition) is 5. The van der Waals surface area contributed by atoms with Gasteiger partial charge in [0, 0.05) is 12.6 Å². The van der Waals surface area contributed by atoms with Gasteiger partial charge in [0.25, 0.3) is 11.5 Å². The van der Waals surface area contributed by atoms with E-state index in [9.17, 15) is 28.0 Å². The average molecular weight is 383 g/mol. The van der Waals surface area contributed by atoms with E-state index >= 15 is 0 Å². The van der Waals surface area contributed by atoms with Crippen LogP contribution in [0.2, 0.25) is 0 Å². The summed E-state index contributed by atoms with van der Waals surface area (Å²) in [7, 11) is 0. The van der Waals surface area contributed by atoms with Crippen molar-refractivity contribution in [2.24, 2.45) is 0 Å². The van der Waals surface area contributed by atoms with Gasteiger partial charge in [0.15, 0.2) is 5.57 Å². The zero-order chi connectivity index (χ0) is 19.3. The number of imidazole rings is 1. The molecule has 2 aromatic heterocycles. The normalized spacial score (nSPS) is 12.1. The Labute approximate surface area is 148 Å². The van der Waals surface area contributed by atoms with E-state index in [0.717, 1.165) is 15.9 Å². The Hall–Kier alpha value is -3.09. The van der Waals surface area contributed by atoms with Crippen LogP contribution in [-0.4, -0.2) is 33.2 Å². The number of H-pyrrole nitrogens is 1. The number of carbonyl (C=O) groups is 1. The van der Waals surface area contributed by atoms with Crippen molar-refractivity contribution in [1.29, 1.82) is 5.26 Å². The molecule has 0 aliphatic rings. The van der Waals surface area contributed by atoms with Gasteiger partial charge in [0.2, 0.25) is 0 Å². The SMILES string of the molecule is CCn1c(=O)c(=C=Cc2cnc[nH]2)s/c1=C(/C#N)C(=O)NCC(F)(F)F. The van der Waals surface area contributed by atoms with Crippen molar-refractivity contribution >= 4 is 34.6 Å². The Kier molecular flexibility index (Phi) is 5.82. The lowest BCUT2D eigenvalue weighted by Gasteiger charge is -2.07. The van der Waals surface area contributed by atoms with Crippen LogP contribution in [0.4, 0.5) is 13.2 Å². The maximum absolute atomic E-state index is 12.4. The molecule has 0 radical (unpaired) electrons. The molecule has 1 amide bonds. The quantitative estimate of drug-likeness (QED) is 0.781. The monoisotopic (exact) mass is 383 g/mol. The third kappa shape index (κ3) is 4.50. The molecule has 0 aromatic carbocycles. The number of carbonyl (C=O) groups excluding carboxylic acids is 1. The van der Waals surface area contributed by atoms with E-state index in [2.05, 4.69) is 15.7 Å². The van der Waals surface area contributed by atoms with Crippen molar-refractivity contribution in [2.75, 3.05) is 6.54 Å². The summed E-state index contributed by atoms with van der Waals surface area (Å²) in [4.78, 5) is 30.9. The standard InChI is InChI=1S/C15H12F3N5O2S/c1-2-23-13(25)11(4-3-9-6-20-8-22-9)26-14(23)10(5-19)12(24)21-7-15(16,17)18/h3,6,8H,2,7H2,1H3,(H,20,22)(H,21,24)/b14-10-. The number of amides is 1. The van der Waals surface area contributed by atoms with Crippen LogP contribution in [0, 0.1) is 11.3 Å². The summed E-state index contributed by atoms with van der Waals surface area (Å²) in [6.45, 7) is 0.175. The highest BCUT2D eigenvalue weighted by atomic mass is 32.1. The summed E-state index contributed by atoms with van der Waals surface area (Å²) in [5.41, 5.74) is 2.26. The number of aromatic amines is 1. The van der Waals surface area contributed by atoms with Crippen molar-refractivity contribution in [2.45, 2.75) is 19.6 Å². The molecule has 0 saturated carbocycles. The van der Waals surface area contributed by atoms with Crippen molar-refractivity contribution in [3.63, 3.8) is 0 Å². The number of hydrogen-bond donors (Lipinski definition) is 2. The van der Waals surface area contributed by atoms with Gasteiger partial charge in [-0.1, -0.05) is 5.73 Å². The maximum Gasteiger partial charge on any atom is 0.405 e. The number of aromatic nitrogens is 3. The average Bonchev–Trinajstić information content (AvgIpc) is 3.19. The molecule has 2 heterocycles. The molecule has 136 valence electrons. The Bertz CT molecular complexity index is 1050. The van der Waals surface area contributed by atoms with Crippen LogP contribution in [0.1, 0.15) is 12.6 Å². The molecule has 0 saturated heterocycles. The van der Waals surface area contributed by atoms with Crippen molar-refractivity contribution in [1.82, 2.24) is 19.9 Å². The first-order valence-electron chi connectivity index (χ1n) is 7.21. The van der Waals surface area contributed by atoms with E-state index in [0.29, 0.717) is 5.69 Å². The van der Waals surface area contributed by atoms with Crippen LogP contribution in [0.3, 0.4) is 0 Å². The van der Waals surface area contributed by atoms with Crippen molar-refractivity contribution in [3.8, 4) is 6.07 Å². The fourth-order valence-corrected chi connectivity index (χ4v) is 3.00. The second kappa shape index (κ2) is 7.86. The number of nitrogens with zero attached hydrogens (tertiary/aromatic N) is 3. The minimum Gasteiger partial charge on any atom is -0.345 e. The highest BCUT2D eigenvalue weighted by molar-refractivity contribution is 7.07. The Morgan fingerprint density at radius 2 is 2.27 bits per heavy atom. The highest BCUT2D eigenvalue weighted by Crippen LogP contribution is 2.12. The maximum atomic E-state index is 12.4. The molecular weight excluding hydrogens is 371 g/mol. The predicted octanol–water partition coefficient (Wildman–Crippen LogP) is 0.0984. The summed E-state index contributed by atoms with van der Waals surface area (Å²) >= 11 is 0.799. The minimum absolute atomic E-state index is 0.0276. The molecular formula is C15H12F3N5O2S. The zero-order valence-corrected chi connectivity index (χ0v) is 14.2. The summed E-state index contributed by atoms with van der Waals surface area (Å²) in [6, 6.07) is 1.57. The number of halogens is 3. The van der Waals surface area contributed by atoms with Crippen LogP contribution in [0.5, 0.6) is 0 Å². The van der Waals surface area contributed by atoms with Gasteiger partial charge in [0.05, 0.1) is 18.2 Å². The Morgan fingerprint density at radius 3 is 2.81 bits per heavy atom. The van der Waals surface area contributed by atoms with Gasteiger partial charge in [-0.3, -0.25) is 14.2 Å². The molecule has 0 atom stereocenters. The summed E-state index contributed by atoms with van der Waals surface area (Å²) in [5.74, 6) is -1.20. The number of thiazole rings is 1. The number of nitrogens with one attached hydrogen (secondary N) is 2. The molecule has 0 unspecified atom stereocenters. The zero-order valence-electron chi connectivity index (χ0n) is 13.3. The Morgan fingerprint density at radius 1 is 1.54 bits per heavy atom. The van der Waals surface area contributed by atoms with Gasteiger partial charge in [-0.05, 0) is 6.92 Å². The van der Waals surface area contributed by atoms with E-state index in [-0.39, 0.29) is 15.7 Å². The van der Waals surface area contributed by atoms with Gasteiger partial charge < -0.3 is 10.3 Å². The van der Waals surface area contributed by atoms with Gasteiger partial charge in [0.1, 0.15) is 21.8 Å². The van der Waals surface area contributed by atoms with Crippen LogP contribution in [-0.2, 0) is 11.3 Å². The van der Waals surface area contributed by atoms with Gasteiger partial charge >= 0.3 is 6.18 Å². The molecule has 11 heteroatoms. The third-order valence-electron chi connectivity index (χ3n) is 3.08. The number of nitriles is 1. The molecule has 2 rings (SSSR count). The lowest BCUT2D eigenvalue weighted by Crippen LogP contribution is -2.37. The minimum atomic E-state index is -4.61. The summed E-state index contributed by atoms with van der Waals surface area (Å²) in [5, 5.41) is 10.8. The molecule has 0 aliphatic heterocycles. The van der Waals surface area contributed by atoms with E-state index < -0.39 is 29.8 Å². The third-order valence-corrected chi connectivity index (χ3v) is 4.19. The molecule has 2 N–H and O–H groups in total. The summed E-state index contributed by atoms with van der Waals surface area (Å²) < 4.78 is 38.0. The van der Waals surface area contributed by atoms with Crippen LogP contribution >= 0.6 is 11.3 Å². The van der Waals surface area contributed by atoms with E-state index in [4.69, 9.17) is 0 Å². The van der Waals surface area contributed by atoms with Gasteiger partial charge in [-0.2, -0.15) is 18.4 Å². The van der Waals surface area contributed by atoms with E-state index in [1.807, 2.05) is 0 Å². The van der Waals surface area contributed by atoms with Gasteiger partial charge in [-0.15, -0.1) is 11.3 Å². The molecule has 7 nitrogen and oxygen atoms in total. The fourth-order valence-electron chi connectivity index (χ4n) is 1.93. The molecule has 26 heavy (non-hydrogen) atoms. The molecule has 0 aliphatic carbocycles. The first-order valence-corrected chi connectivity index (χ1v) is 8.02. The van der Waals surface area contributed by atoms with Crippen molar-refractivity contribution < 1.29 is 18.0 Å². The predicted molar refractivity (Wildman–Crippen MR) is 88.0 cm³/mol. The topological polar surface area (TPSA) is 104 Å². The highest BCUT2D eigenvalue weighted by Gasteiger charge is 2.28.